The smallest absolute Gasteiger partial charge is 0.318 e. The molecule has 7 nitrogen and oxygen atoms in total. The van der Waals surface area contributed by atoms with Crippen LogP contribution in [0, 0.1) is 0 Å². The number of H-pyrrole nitrogens is 1. The third-order valence-electron chi connectivity index (χ3n) is 4.43. The van der Waals surface area contributed by atoms with Crippen molar-refractivity contribution >= 4 is 23.6 Å². The van der Waals surface area contributed by atoms with Crippen molar-refractivity contribution < 1.29 is 14.3 Å². The SMILES string of the molecule is COC(=O)CCCNC(=O)N1CCc2[nH]cnc2C1c1ccc(Cl)cc1. The first-order valence-corrected chi connectivity index (χ1v) is 8.87. The van der Waals surface area contributed by atoms with Crippen LogP contribution in [0.4, 0.5) is 4.79 Å². The number of nitrogens with one attached hydrogen (secondary N) is 2. The molecule has 2 aromatic rings. The lowest BCUT2D eigenvalue weighted by Crippen LogP contribution is -2.46. The van der Waals surface area contributed by atoms with E-state index in [1.54, 1.807) is 11.2 Å². The maximum Gasteiger partial charge on any atom is 0.318 e. The average molecular weight is 377 g/mol. The summed E-state index contributed by atoms with van der Waals surface area (Å²) in [5.74, 6) is -0.280. The molecule has 0 spiro atoms. The highest BCUT2D eigenvalue weighted by Gasteiger charge is 2.33. The van der Waals surface area contributed by atoms with Crippen LogP contribution in [0.3, 0.4) is 0 Å². The van der Waals surface area contributed by atoms with Crippen LogP contribution in [-0.4, -0.2) is 47.1 Å². The van der Waals surface area contributed by atoms with Gasteiger partial charge in [0.25, 0.3) is 0 Å². The number of carbonyl (C=O) groups is 2. The molecule has 0 saturated carbocycles. The van der Waals surface area contributed by atoms with Gasteiger partial charge in [-0.05, 0) is 24.1 Å². The molecule has 1 atom stereocenters. The molecule has 0 fully saturated rings. The van der Waals surface area contributed by atoms with Crippen LogP contribution in [0.2, 0.25) is 5.02 Å². The third-order valence-corrected chi connectivity index (χ3v) is 4.69. The van der Waals surface area contributed by atoms with Gasteiger partial charge in [-0.3, -0.25) is 4.79 Å². The zero-order chi connectivity index (χ0) is 18.5. The van der Waals surface area contributed by atoms with Gasteiger partial charge in [0.1, 0.15) is 6.04 Å². The fourth-order valence-corrected chi connectivity index (χ4v) is 3.24. The van der Waals surface area contributed by atoms with Gasteiger partial charge in [0.2, 0.25) is 0 Å². The number of aromatic amines is 1. The summed E-state index contributed by atoms with van der Waals surface area (Å²) in [6, 6.07) is 6.99. The summed E-state index contributed by atoms with van der Waals surface area (Å²) in [5.41, 5.74) is 2.84. The molecular formula is C18H21ClN4O3. The van der Waals surface area contributed by atoms with E-state index in [0.717, 1.165) is 23.4 Å². The molecule has 3 rings (SSSR count). The molecule has 1 aromatic carbocycles. The Hall–Kier alpha value is -2.54. The van der Waals surface area contributed by atoms with Gasteiger partial charge in [-0.1, -0.05) is 23.7 Å². The van der Waals surface area contributed by atoms with Gasteiger partial charge >= 0.3 is 12.0 Å². The van der Waals surface area contributed by atoms with Crippen LogP contribution in [0.5, 0.6) is 0 Å². The number of methoxy groups -OCH3 is 1. The number of benzene rings is 1. The highest BCUT2D eigenvalue weighted by Crippen LogP contribution is 2.33. The number of halogens is 1. The molecule has 0 saturated heterocycles. The molecule has 8 heteroatoms. The van der Waals surface area contributed by atoms with Gasteiger partial charge in [0, 0.05) is 36.6 Å². The second kappa shape index (κ2) is 8.23. The maximum atomic E-state index is 12.7. The Bertz CT molecular complexity index is 775. The van der Waals surface area contributed by atoms with Crippen molar-refractivity contribution in [1.82, 2.24) is 20.2 Å². The second-order valence-electron chi connectivity index (χ2n) is 6.08. The van der Waals surface area contributed by atoms with E-state index >= 15 is 0 Å². The van der Waals surface area contributed by atoms with E-state index in [9.17, 15) is 9.59 Å². The molecule has 0 bridgehead atoms. The molecular weight excluding hydrogens is 356 g/mol. The molecule has 2 N–H and O–H groups in total. The minimum Gasteiger partial charge on any atom is -0.469 e. The zero-order valence-corrected chi connectivity index (χ0v) is 15.3. The lowest BCUT2D eigenvalue weighted by atomic mass is 9.96. The summed E-state index contributed by atoms with van der Waals surface area (Å²) in [6.45, 7) is 0.983. The molecule has 0 radical (unpaired) electrons. The summed E-state index contributed by atoms with van der Waals surface area (Å²) in [4.78, 5) is 33.2. The number of esters is 1. The Balaban J connectivity index is 1.73. The monoisotopic (exact) mass is 376 g/mol. The molecule has 0 aliphatic carbocycles. The molecule has 2 amide bonds. The van der Waals surface area contributed by atoms with E-state index in [1.165, 1.54) is 7.11 Å². The van der Waals surface area contributed by atoms with E-state index in [1.807, 2.05) is 24.3 Å². The summed E-state index contributed by atoms with van der Waals surface area (Å²) in [5, 5.41) is 3.53. The Morgan fingerprint density at radius 3 is 2.88 bits per heavy atom. The van der Waals surface area contributed by atoms with Crippen LogP contribution in [-0.2, 0) is 16.0 Å². The van der Waals surface area contributed by atoms with Gasteiger partial charge in [0.05, 0.1) is 19.1 Å². The van der Waals surface area contributed by atoms with Crippen molar-refractivity contribution in [3.63, 3.8) is 0 Å². The molecule has 1 aliphatic heterocycles. The van der Waals surface area contributed by atoms with E-state index in [4.69, 9.17) is 11.6 Å². The van der Waals surface area contributed by atoms with Gasteiger partial charge in [0.15, 0.2) is 0 Å². The number of hydrogen-bond donors (Lipinski definition) is 2. The van der Waals surface area contributed by atoms with Crippen LogP contribution in [0.15, 0.2) is 30.6 Å². The summed E-state index contributed by atoms with van der Waals surface area (Å²) >= 11 is 6.00. The first-order valence-electron chi connectivity index (χ1n) is 8.49. The highest BCUT2D eigenvalue weighted by molar-refractivity contribution is 6.30. The fraction of sp³-hybridized carbons (Fsp3) is 0.389. The zero-order valence-electron chi connectivity index (χ0n) is 14.5. The molecule has 1 unspecified atom stereocenters. The predicted molar refractivity (Wildman–Crippen MR) is 96.9 cm³/mol. The summed E-state index contributed by atoms with van der Waals surface area (Å²) in [6.07, 6.45) is 3.19. The number of rotatable bonds is 5. The topological polar surface area (TPSA) is 87.3 Å². The molecule has 26 heavy (non-hydrogen) atoms. The number of aromatic nitrogens is 2. The third kappa shape index (κ3) is 3.99. The number of ether oxygens (including phenoxy) is 1. The summed E-state index contributed by atoms with van der Waals surface area (Å²) in [7, 11) is 1.35. The van der Waals surface area contributed by atoms with Crippen LogP contribution in [0.1, 0.15) is 35.8 Å². The first kappa shape index (κ1) is 18.3. The van der Waals surface area contributed by atoms with Gasteiger partial charge in [-0.15, -0.1) is 0 Å². The van der Waals surface area contributed by atoms with Crippen molar-refractivity contribution in [3.05, 3.63) is 52.6 Å². The van der Waals surface area contributed by atoms with Crippen molar-refractivity contribution in [2.45, 2.75) is 25.3 Å². The highest BCUT2D eigenvalue weighted by atomic mass is 35.5. The minimum atomic E-state index is -0.280. The number of fused-ring (bicyclic) bond motifs is 1. The number of carbonyl (C=O) groups excluding carboxylic acids is 2. The minimum absolute atomic E-state index is 0.177. The fourth-order valence-electron chi connectivity index (χ4n) is 3.11. The average Bonchev–Trinajstić information content (AvgIpc) is 3.13. The van der Waals surface area contributed by atoms with Crippen molar-refractivity contribution in [3.8, 4) is 0 Å². The van der Waals surface area contributed by atoms with E-state index in [0.29, 0.717) is 24.5 Å². The number of hydrogen-bond acceptors (Lipinski definition) is 4. The second-order valence-corrected chi connectivity index (χ2v) is 6.51. The number of amides is 2. The Morgan fingerprint density at radius 2 is 2.15 bits per heavy atom. The maximum absolute atomic E-state index is 12.7. The van der Waals surface area contributed by atoms with E-state index in [-0.39, 0.29) is 24.5 Å². The number of urea groups is 1. The first-order chi connectivity index (χ1) is 12.6. The molecule has 2 heterocycles. The van der Waals surface area contributed by atoms with Crippen LogP contribution >= 0.6 is 11.6 Å². The lowest BCUT2D eigenvalue weighted by molar-refractivity contribution is -0.140. The van der Waals surface area contributed by atoms with Crippen molar-refractivity contribution in [2.75, 3.05) is 20.2 Å². The Morgan fingerprint density at radius 1 is 1.38 bits per heavy atom. The largest absolute Gasteiger partial charge is 0.469 e. The molecule has 1 aliphatic rings. The van der Waals surface area contributed by atoms with Gasteiger partial charge < -0.3 is 19.9 Å². The van der Waals surface area contributed by atoms with Crippen molar-refractivity contribution in [2.24, 2.45) is 0 Å². The van der Waals surface area contributed by atoms with Gasteiger partial charge in [-0.25, -0.2) is 9.78 Å². The Labute approximate surface area is 156 Å². The Kier molecular flexibility index (Phi) is 5.78. The van der Waals surface area contributed by atoms with Crippen molar-refractivity contribution in [1.29, 1.82) is 0 Å². The lowest BCUT2D eigenvalue weighted by Gasteiger charge is -2.35. The summed E-state index contributed by atoms with van der Waals surface area (Å²) < 4.78 is 4.60. The standard InChI is InChI=1S/C18H21ClN4O3/c1-26-15(24)3-2-9-20-18(25)23-10-8-14-16(22-11-21-14)17(23)12-4-6-13(19)7-5-12/h4-7,11,17H,2-3,8-10H2,1H3,(H,20,25)(H,21,22). The van der Waals surface area contributed by atoms with E-state index in [2.05, 4.69) is 20.0 Å². The normalized spacial score (nSPS) is 16.1. The van der Waals surface area contributed by atoms with Crippen LogP contribution < -0.4 is 5.32 Å². The van der Waals surface area contributed by atoms with E-state index < -0.39 is 0 Å². The quantitative estimate of drug-likeness (QED) is 0.620. The van der Waals surface area contributed by atoms with Gasteiger partial charge in [-0.2, -0.15) is 0 Å². The molecule has 1 aromatic heterocycles. The van der Waals surface area contributed by atoms with Crippen LogP contribution in [0.25, 0.3) is 0 Å². The molecule has 138 valence electrons. The number of nitrogens with zero attached hydrogens (tertiary/aromatic N) is 2. The predicted octanol–water partition coefficient (Wildman–Crippen LogP) is 2.67. The number of imidazole rings is 1.